The number of nitrogens with one attached hydrogen (secondary N) is 3. The number of carbonyl (C=O) groups is 4. The molecule has 4 fully saturated rings. The third-order valence-electron chi connectivity index (χ3n) is 15.5. The van der Waals surface area contributed by atoms with E-state index in [1.165, 1.54) is 27.7 Å². The molecular formula is C60H72Cl2N10O10S2. The van der Waals surface area contributed by atoms with Gasteiger partial charge in [0, 0.05) is 105 Å². The maximum Gasteiger partial charge on any atom is 0.265 e. The SMILES string of the molecule is C=Cc1ccnc2c1cc(C(=O)NCc1ccc(Cl)cc1)c(=O)n2CC(=O)N1CC(C)(C)C1.CC1(C)CN(C(=O)Cn2c(=O)c(C(=O)NCc3ccc(Cl)cc3)cc3c(CCN4CCC(S(C)(=O)=O)C4)ccnc32)C1.CS(=O)(=O)C1CCNC1. The molecule has 4 aliphatic rings. The number of hydrogen-bond acceptors (Lipinski definition) is 14. The number of nitrogens with zero attached hydrogens (tertiary/aromatic N) is 7. The smallest absolute Gasteiger partial charge is 0.265 e. The zero-order valence-corrected chi connectivity index (χ0v) is 51.3. The molecule has 4 amide bonds. The summed E-state index contributed by atoms with van der Waals surface area (Å²) in [6.45, 7) is 17.9. The predicted octanol–water partition coefficient (Wildman–Crippen LogP) is 5.39. The fourth-order valence-corrected chi connectivity index (χ4v) is 13.0. The molecule has 448 valence electrons. The number of benzene rings is 2. The van der Waals surface area contributed by atoms with Crippen molar-refractivity contribution in [1.82, 2.24) is 49.8 Å². The first-order valence-electron chi connectivity index (χ1n) is 27.7. The molecule has 8 heterocycles. The van der Waals surface area contributed by atoms with Crippen LogP contribution in [0.2, 0.25) is 10.0 Å². The van der Waals surface area contributed by atoms with Crippen LogP contribution in [0.3, 0.4) is 0 Å². The Morgan fingerprint density at radius 3 is 1.56 bits per heavy atom. The van der Waals surface area contributed by atoms with E-state index >= 15 is 0 Å². The minimum Gasteiger partial charge on any atom is -0.348 e. The quantitative estimate of drug-likeness (QED) is 0.110. The fourth-order valence-electron chi connectivity index (χ4n) is 10.8. The zero-order valence-electron chi connectivity index (χ0n) is 48.1. The normalized spacial score (nSPS) is 18.1. The molecule has 3 N–H and O–H groups in total. The minimum atomic E-state index is -3.11. The summed E-state index contributed by atoms with van der Waals surface area (Å²) in [7, 11) is -5.87. The maximum absolute atomic E-state index is 13.7. The number of halogens is 2. The van der Waals surface area contributed by atoms with Gasteiger partial charge in [-0.15, -0.1) is 0 Å². The van der Waals surface area contributed by atoms with E-state index in [-0.39, 0.29) is 70.5 Å². The summed E-state index contributed by atoms with van der Waals surface area (Å²) >= 11 is 11.9. The number of fused-ring (bicyclic) bond motifs is 2. The van der Waals surface area contributed by atoms with Crippen molar-refractivity contribution in [2.75, 3.05) is 71.4 Å². The van der Waals surface area contributed by atoms with Crippen LogP contribution in [0.4, 0.5) is 0 Å². The highest BCUT2D eigenvalue weighted by Crippen LogP contribution is 2.31. The van der Waals surface area contributed by atoms with Crippen molar-refractivity contribution in [3.8, 4) is 0 Å². The number of likely N-dealkylation sites (tertiary alicyclic amines) is 3. The molecule has 20 nitrogen and oxygen atoms in total. The standard InChI is InChI=1S/C30H36ClN5O5S.C25H25ClN4O3.C5H11NO2S/c1-30(2)18-35(19-30)26(37)17-36-27-24(14-25(29(36)39)28(38)33-15-20-4-6-22(31)7-5-20)21(8-11-32-27)9-12-34-13-10-23(16-34)42(3,40)41;1-4-17-9-10-27-22-19(17)11-20(23(32)28-12-16-5-7-18(26)8-6-16)24(33)30(22)13-21(31)29-14-25(2,3)15-29;1-9(7,8)5-2-3-6-4-5/h4-8,11,14,23H,9-10,12-13,15-19H2,1-3H3,(H,33,38);4-11H,1,12-15H2,2-3H3,(H,28,32);5-6H,2-4H2,1H3. The van der Waals surface area contributed by atoms with Crippen LogP contribution in [0.5, 0.6) is 0 Å². The van der Waals surface area contributed by atoms with Crippen LogP contribution in [0, 0.1) is 10.8 Å². The minimum absolute atomic E-state index is 0.0309. The maximum atomic E-state index is 13.7. The molecule has 0 spiro atoms. The van der Waals surface area contributed by atoms with Gasteiger partial charge >= 0.3 is 0 Å². The summed E-state index contributed by atoms with van der Waals surface area (Å²) < 4.78 is 48.2. The third kappa shape index (κ3) is 15.7. The van der Waals surface area contributed by atoms with E-state index < -0.39 is 42.6 Å². The second-order valence-corrected chi connectivity index (χ2v) is 29.2. The van der Waals surface area contributed by atoms with Crippen LogP contribution in [0.15, 0.2) is 101 Å². The van der Waals surface area contributed by atoms with Crippen molar-refractivity contribution in [2.24, 2.45) is 10.8 Å². The lowest BCUT2D eigenvalue weighted by atomic mass is 9.84. The number of aromatic nitrogens is 4. The summed E-state index contributed by atoms with van der Waals surface area (Å²) in [4.78, 5) is 93.7. The predicted molar refractivity (Wildman–Crippen MR) is 328 cm³/mol. The first kappa shape index (κ1) is 63.2. The van der Waals surface area contributed by atoms with Crippen molar-refractivity contribution in [1.29, 1.82) is 0 Å². The van der Waals surface area contributed by atoms with Gasteiger partial charge in [-0.25, -0.2) is 26.8 Å². The van der Waals surface area contributed by atoms with E-state index in [0.717, 1.165) is 35.2 Å². The van der Waals surface area contributed by atoms with Gasteiger partial charge in [0.05, 0.1) is 10.5 Å². The summed E-state index contributed by atoms with van der Waals surface area (Å²) in [5, 5.41) is 10.5. The lowest BCUT2D eigenvalue weighted by molar-refractivity contribution is -0.142. The monoisotopic (exact) mass is 1230 g/mol. The molecular weight excluding hydrogens is 1160 g/mol. The number of pyridine rings is 4. The highest BCUT2D eigenvalue weighted by molar-refractivity contribution is 7.91. The lowest BCUT2D eigenvalue weighted by Crippen LogP contribution is -2.56. The number of carbonyl (C=O) groups excluding carboxylic acids is 4. The Labute approximate surface area is 499 Å². The first-order valence-corrected chi connectivity index (χ1v) is 32.3. The molecule has 0 bridgehead atoms. The molecule has 2 unspecified atom stereocenters. The van der Waals surface area contributed by atoms with Crippen molar-refractivity contribution < 1.29 is 36.0 Å². The van der Waals surface area contributed by atoms with Gasteiger partial charge in [-0.05, 0) is 114 Å². The van der Waals surface area contributed by atoms with Crippen LogP contribution in [0.1, 0.15) is 83.5 Å². The molecule has 0 saturated carbocycles. The van der Waals surface area contributed by atoms with E-state index in [0.29, 0.717) is 97.3 Å². The summed E-state index contributed by atoms with van der Waals surface area (Å²) in [6.07, 6.45) is 9.31. The van der Waals surface area contributed by atoms with E-state index in [4.69, 9.17) is 23.2 Å². The molecule has 0 aliphatic carbocycles. The highest BCUT2D eigenvalue weighted by atomic mass is 35.5. The Bertz CT molecular complexity index is 3830. The summed E-state index contributed by atoms with van der Waals surface area (Å²) in [6, 6.07) is 20.8. The van der Waals surface area contributed by atoms with Crippen molar-refractivity contribution in [3.05, 3.63) is 156 Å². The van der Waals surface area contributed by atoms with Crippen LogP contribution >= 0.6 is 23.2 Å². The average Bonchev–Trinajstić information content (AvgIpc) is 4.39. The van der Waals surface area contributed by atoms with E-state index in [2.05, 4.69) is 65.1 Å². The largest absolute Gasteiger partial charge is 0.348 e. The first-order chi connectivity index (χ1) is 39.6. The summed E-state index contributed by atoms with van der Waals surface area (Å²) in [5.41, 5.74) is 2.79. The van der Waals surface area contributed by atoms with Crippen LogP contribution in [-0.4, -0.2) is 156 Å². The van der Waals surface area contributed by atoms with Gasteiger partial charge in [-0.1, -0.05) is 87.8 Å². The summed E-state index contributed by atoms with van der Waals surface area (Å²) in [5.74, 6) is -1.45. The van der Waals surface area contributed by atoms with Crippen molar-refractivity contribution in [2.45, 2.75) is 83.6 Å². The molecule has 4 aromatic heterocycles. The number of sulfone groups is 2. The van der Waals surface area contributed by atoms with Gasteiger partial charge in [0.25, 0.3) is 22.9 Å². The average molecular weight is 1230 g/mol. The topological polar surface area (TPSA) is 252 Å². The van der Waals surface area contributed by atoms with Gasteiger partial charge in [-0.2, -0.15) is 0 Å². The molecule has 0 radical (unpaired) electrons. The van der Waals surface area contributed by atoms with Crippen LogP contribution in [-0.2, 0) is 61.9 Å². The second kappa shape index (κ2) is 26.2. The van der Waals surface area contributed by atoms with Crippen LogP contribution < -0.4 is 27.1 Å². The highest BCUT2D eigenvalue weighted by Gasteiger charge is 2.39. The zero-order chi connectivity index (χ0) is 60.9. The molecule has 24 heteroatoms. The van der Waals surface area contributed by atoms with Gasteiger partial charge in [0.2, 0.25) is 11.8 Å². The van der Waals surface area contributed by atoms with E-state index in [1.54, 1.807) is 88.9 Å². The lowest BCUT2D eigenvalue weighted by Gasteiger charge is -2.45. The molecule has 4 saturated heterocycles. The molecule has 2 aromatic carbocycles. The van der Waals surface area contributed by atoms with Crippen molar-refractivity contribution >= 4 is 94.6 Å². The van der Waals surface area contributed by atoms with E-state index in [9.17, 15) is 45.6 Å². The molecule has 2 atom stereocenters. The van der Waals surface area contributed by atoms with Gasteiger partial charge in [-0.3, -0.25) is 37.9 Å². The second-order valence-electron chi connectivity index (χ2n) is 23.6. The number of rotatable bonds is 16. The molecule has 84 heavy (non-hydrogen) atoms. The number of amides is 4. The Balaban J connectivity index is 0.000000194. The molecule has 10 rings (SSSR count). The van der Waals surface area contributed by atoms with Crippen LogP contribution in [0.25, 0.3) is 28.1 Å². The molecule has 6 aromatic rings. The Morgan fingerprint density at radius 2 is 1.14 bits per heavy atom. The molecule has 4 aliphatic heterocycles. The Kier molecular flexibility index (Phi) is 19.7. The fraction of sp³-hybridized carbons (Fsp3) is 0.433. The van der Waals surface area contributed by atoms with E-state index in [1.807, 2.05) is 6.07 Å². The Hall–Kier alpha value is -6.82. The van der Waals surface area contributed by atoms with Gasteiger partial charge in [0.15, 0.2) is 19.7 Å². The van der Waals surface area contributed by atoms with Gasteiger partial charge in [0.1, 0.15) is 35.5 Å². The third-order valence-corrected chi connectivity index (χ3v) is 19.2. The number of hydrogen-bond donors (Lipinski definition) is 3. The van der Waals surface area contributed by atoms with Gasteiger partial charge < -0.3 is 30.7 Å². The van der Waals surface area contributed by atoms with Crippen molar-refractivity contribution in [3.63, 3.8) is 0 Å². The Morgan fingerprint density at radius 1 is 0.679 bits per heavy atom.